The van der Waals surface area contributed by atoms with E-state index in [-0.39, 0.29) is 0 Å². The van der Waals surface area contributed by atoms with Crippen molar-refractivity contribution in [2.24, 2.45) is 0 Å². The van der Waals surface area contributed by atoms with Crippen LogP contribution in [0.5, 0.6) is 0 Å². The molecule has 0 unspecified atom stereocenters. The Kier molecular flexibility index (Phi) is 10.4. The molecule has 0 aromatic heterocycles. The molecule has 0 atom stereocenters. The minimum Gasteiger partial charge on any atom is -0.310 e. The Morgan fingerprint density at radius 2 is 1.05 bits per heavy atom. The smallest absolute Gasteiger partial charge is 0.0522 e. The molecule has 44 heavy (non-hydrogen) atoms. The van der Waals surface area contributed by atoms with Gasteiger partial charge >= 0.3 is 0 Å². The molecule has 0 N–H and O–H groups in total. The molecule has 5 rings (SSSR count). The van der Waals surface area contributed by atoms with Gasteiger partial charge in [-0.05, 0) is 97.7 Å². The lowest BCUT2D eigenvalue weighted by Crippen LogP contribution is -2.13. The third-order valence-electron chi connectivity index (χ3n) is 8.02. The Morgan fingerprint density at radius 1 is 0.545 bits per heavy atom. The largest absolute Gasteiger partial charge is 0.310 e. The van der Waals surface area contributed by atoms with Crippen LogP contribution in [0, 0.1) is 20.8 Å². The van der Waals surface area contributed by atoms with E-state index in [9.17, 15) is 0 Å². The zero-order valence-corrected chi connectivity index (χ0v) is 26.5. The lowest BCUT2D eigenvalue weighted by atomic mass is 10.0. The van der Waals surface area contributed by atoms with Crippen LogP contribution in [0.2, 0.25) is 0 Å². The highest BCUT2D eigenvalue weighted by Crippen LogP contribution is 2.39. The summed E-state index contributed by atoms with van der Waals surface area (Å²) < 4.78 is 0. The number of aryl methyl sites for hydroxylation is 5. The summed E-state index contributed by atoms with van der Waals surface area (Å²) in [7, 11) is 0. The predicted octanol–water partition coefficient (Wildman–Crippen LogP) is 12.0. The van der Waals surface area contributed by atoms with E-state index in [1.165, 1.54) is 55.9 Å². The van der Waals surface area contributed by atoms with Crippen molar-refractivity contribution in [1.82, 2.24) is 0 Å². The number of hydrogen-bond donors (Lipinski definition) is 0. The molecule has 0 saturated carbocycles. The molecule has 1 heteroatoms. The van der Waals surface area contributed by atoms with E-state index in [0.717, 1.165) is 24.9 Å². The maximum atomic E-state index is 2.42. The highest BCUT2D eigenvalue weighted by atomic mass is 15.1. The van der Waals surface area contributed by atoms with Crippen LogP contribution in [-0.2, 0) is 12.8 Å². The zero-order valence-electron chi connectivity index (χ0n) is 26.5. The first-order chi connectivity index (χ1) is 21.5. The molecular weight excluding hydrogens is 530 g/mol. The molecular formula is C43H43N. The monoisotopic (exact) mass is 573 g/mol. The van der Waals surface area contributed by atoms with Crippen molar-refractivity contribution in [2.45, 2.75) is 47.0 Å². The summed E-state index contributed by atoms with van der Waals surface area (Å²) in [6.45, 7) is 8.69. The average Bonchev–Trinajstić information content (AvgIpc) is 3.05. The van der Waals surface area contributed by atoms with Gasteiger partial charge in [0.15, 0.2) is 0 Å². The second-order valence-corrected chi connectivity index (χ2v) is 11.5. The van der Waals surface area contributed by atoms with Crippen molar-refractivity contribution >= 4 is 35.3 Å². The summed E-state index contributed by atoms with van der Waals surface area (Å²) in [4.78, 5) is 2.42. The molecule has 0 radical (unpaired) electrons. The van der Waals surface area contributed by atoms with Crippen LogP contribution in [-0.4, -0.2) is 0 Å². The molecule has 220 valence electrons. The van der Waals surface area contributed by atoms with Gasteiger partial charge in [0.25, 0.3) is 0 Å². The van der Waals surface area contributed by atoms with Crippen molar-refractivity contribution in [3.63, 3.8) is 0 Å². The molecule has 0 aliphatic heterocycles. The number of benzene rings is 5. The Bertz CT molecular complexity index is 1720. The average molecular weight is 574 g/mol. The molecule has 0 fully saturated rings. The fourth-order valence-corrected chi connectivity index (χ4v) is 5.44. The van der Waals surface area contributed by atoms with Crippen LogP contribution < -0.4 is 4.90 Å². The normalized spacial score (nSPS) is 11.6. The lowest BCUT2D eigenvalue weighted by molar-refractivity contribution is 1.00. The first-order valence-corrected chi connectivity index (χ1v) is 15.7. The molecule has 0 heterocycles. The van der Waals surface area contributed by atoms with Crippen molar-refractivity contribution in [3.8, 4) is 0 Å². The Hall–Kier alpha value is -4.88. The first-order valence-electron chi connectivity index (χ1n) is 15.7. The number of allylic oxidation sites excluding steroid dienone is 3. The predicted molar refractivity (Wildman–Crippen MR) is 193 cm³/mol. The van der Waals surface area contributed by atoms with Crippen LogP contribution >= 0.6 is 0 Å². The summed E-state index contributed by atoms with van der Waals surface area (Å²) in [5.41, 5.74) is 13.8. The second-order valence-electron chi connectivity index (χ2n) is 11.5. The fraction of sp³-hybridized carbons (Fsp3) is 0.163. The van der Waals surface area contributed by atoms with E-state index in [2.05, 4.69) is 184 Å². The van der Waals surface area contributed by atoms with E-state index in [4.69, 9.17) is 0 Å². The molecule has 0 aliphatic carbocycles. The highest BCUT2D eigenvalue weighted by molar-refractivity contribution is 5.81. The molecule has 0 amide bonds. The molecule has 0 aliphatic rings. The number of nitrogens with zero attached hydrogens (tertiary/aromatic N) is 1. The maximum Gasteiger partial charge on any atom is 0.0522 e. The quantitative estimate of drug-likeness (QED) is 0.142. The SMILES string of the molecule is CCc1cccc(C)c1N(c1ccc(/C=C/C=C/c2ccc(C)cc2)cc1)c1ccc(CC/C=C/c2ccc(C)cc2)cc1. The topological polar surface area (TPSA) is 3.24 Å². The summed E-state index contributed by atoms with van der Waals surface area (Å²) >= 11 is 0. The lowest BCUT2D eigenvalue weighted by Gasteiger charge is -2.29. The van der Waals surface area contributed by atoms with Crippen LogP contribution in [0.25, 0.3) is 18.2 Å². The van der Waals surface area contributed by atoms with Gasteiger partial charge in [-0.25, -0.2) is 0 Å². The standard InChI is InChI=1S/C43H43N/c1-5-40-16-10-11-35(4)43(40)44(41-29-25-38(26-30-41)14-8-6-12-36-21-17-33(2)18-22-36)42-31-27-39(28-32-42)15-9-7-13-37-23-19-34(3)20-24-37/h6-8,10-14,16-32H,5,9,15H2,1-4H3/b12-6+,13-7+,14-8+. The van der Waals surface area contributed by atoms with Gasteiger partial charge in [0, 0.05) is 11.4 Å². The number of para-hydroxylation sites is 1. The van der Waals surface area contributed by atoms with Crippen molar-refractivity contribution in [3.05, 3.63) is 178 Å². The van der Waals surface area contributed by atoms with Gasteiger partial charge in [-0.1, -0.05) is 146 Å². The molecule has 0 bridgehead atoms. The van der Waals surface area contributed by atoms with Crippen molar-refractivity contribution in [1.29, 1.82) is 0 Å². The van der Waals surface area contributed by atoms with E-state index in [1.807, 2.05) is 0 Å². The second kappa shape index (κ2) is 15.0. The van der Waals surface area contributed by atoms with Gasteiger partial charge in [0.1, 0.15) is 0 Å². The minimum absolute atomic E-state index is 0.979. The van der Waals surface area contributed by atoms with Crippen LogP contribution in [0.15, 0.2) is 133 Å². The van der Waals surface area contributed by atoms with E-state index in [0.29, 0.717) is 0 Å². The summed E-state index contributed by atoms with van der Waals surface area (Å²) in [6.07, 6.45) is 16.0. The van der Waals surface area contributed by atoms with Crippen LogP contribution in [0.1, 0.15) is 57.9 Å². The van der Waals surface area contributed by atoms with E-state index >= 15 is 0 Å². The Balaban J connectivity index is 1.34. The Morgan fingerprint density at radius 3 is 1.59 bits per heavy atom. The van der Waals surface area contributed by atoms with Crippen LogP contribution in [0.4, 0.5) is 17.1 Å². The van der Waals surface area contributed by atoms with Crippen molar-refractivity contribution < 1.29 is 0 Å². The van der Waals surface area contributed by atoms with Crippen molar-refractivity contribution in [2.75, 3.05) is 4.90 Å². The summed E-state index contributed by atoms with van der Waals surface area (Å²) in [5.74, 6) is 0. The van der Waals surface area contributed by atoms with Gasteiger partial charge in [-0.3, -0.25) is 0 Å². The fourth-order valence-electron chi connectivity index (χ4n) is 5.44. The minimum atomic E-state index is 0.979. The molecule has 0 saturated heterocycles. The van der Waals surface area contributed by atoms with Gasteiger partial charge in [-0.15, -0.1) is 0 Å². The number of rotatable bonds is 11. The Labute approximate surface area is 264 Å². The first kappa shape index (κ1) is 30.6. The van der Waals surface area contributed by atoms with E-state index < -0.39 is 0 Å². The maximum absolute atomic E-state index is 2.42. The zero-order chi connectivity index (χ0) is 30.7. The molecule has 1 nitrogen and oxygen atoms in total. The van der Waals surface area contributed by atoms with Gasteiger partial charge in [0.2, 0.25) is 0 Å². The van der Waals surface area contributed by atoms with Crippen LogP contribution in [0.3, 0.4) is 0 Å². The van der Waals surface area contributed by atoms with Gasteiger partial charge < -0.3 is 4.90 Å². The third-order valence-corrected chi connectivity index (χ3v) is 8.02. The molecule has 5 aromatic rings. The molecule has 0 spiro atoms. The van der Waals surface area contributed by atoms with E-state index in [1.54, 1.807) is 0 Å². The number of hydrogen-bond acceptors (Lipinski definition) is 1. The molecule has 5 aromatic carbocycles. The van der Waals surface area contributed by atoms with Gasteiger partial charge in [0.05, 0.1) is 5.69 Å². The highest BCUT2D eigenvalue weighted by Gasteiger charge is 2.17. The summed E-state index contributed by atoms with van der Waals surface area (Å²) in [6, 6.07) is 41.9. The van der Waals surface area contributed by atoms with Gasteiger partial charge in [-0.2, -0.15) is 0 Å². The summed E-state index contributed by atoms with van der Waals surface area (Å²) in [5, 5.41) is 0. The number of anilines is 3. The third kappa shape index (κ3) is 8.14.